The molecule has 21 heavy (non-hydrogen) atoms. The van der Waals surface area contributed by atoms with Crippen LogP contribution in [0.3, 0.4) is 0 Å². The van der Waals surface area contributed by atoms with E-state index in [0.29, 0.717) is 18.2 Å². The lowest BCUT2D eigenvalue weighted by molar-refractivity contribution is -0.0564. The molecule has 3 atom stereocenters. The van der Waals surface area contributed by atoms with Gasteiger partial charge in [-0.05, 0) is 37.8 Å². The van der Waals surface area contributed by atoms with Crippen molar-refractivity contribution in [1.82, 2.24) is 10.2 Å². The molecule has 3 rings (SSSR count). The third-order valence-electron chi connectivity index (χ3n) is 4.95. The van der Waals surface area contributed by atoms with Gasteiger partial charge in [0.2, 0.25) is 0 Å². The number of hydrogen-bond donors (Lipinski definition) is 1. The summed E-state index contributed by atoms with van der Waals surface area (Å²) in [6.07, 6.45) is 5.61. The van der Waals surface area contributed by atoms with Gasteiger partial charge in [-0.2, -0.15) is 0 Å². The van der Waals surface area contributed by atoms with Crippen LogP contribution in [-0.2, 0) is 4.74 Å². The average Bonchev–Trinajstić information content (AvgIpc) is 3.01. The number of rotatable bonds is 6. The second kappa shape index (κ2) is 7.39. The zero-order valence-corrected chi connectivity index (χ0v) is 13.1. The molecule has 2 fully saturated rings. The van der Waals surface area contributed by atoms with Gasteiger partial charge in [0.25, 0.3) is 0 Å². The first kappa shape index (κ1) is 15.0. The Morgan fingerprint density at radius 1 is 1.29 bits per heavy atom. The van der Waals surface area contributed by atoms with Crippen LogP contribution in [0.1, 0.15) is 44.2 Å². The van der Waals surface area contributed by atoms with Crippen LogP contribution in [-0.4, -0.2) is 43.3 Å². The third kappa shape index (κ3) is 3.65. The van der Waals surface area contributed by atoms with Crippen molar-refractivity contribution in [3.05, 3.63) is 35.9 Å². The quantitative estimate of drug-likeness (QED) is 0.871. The summed E-state index contributed by atoms with van der Waals surface area (Å²) in [6, 6.07) is 12.0. The lowest BCUT2D eigenvalue weighted by Crippen LogP contribution is -2.49. The average molecular weight is 288 g/mol. The van der Waals surface area contributed by atoms with Crippen molar-refractivity contribution < 1.29 is 4.74 Å². The maximum atomic E-state index is 5.91. The Kier molecular flexibility index (Phi) is 5.28. The van der Waals surface area contributed by atoms with Crippen molar-refractivity contribution in [3.63, 3.8) is 0 Å². The van der Waals surface area contributed by atoms with Gasteiger partial charge >= 0.3 is 0 Å². The van der Waals surface area contributed by atoms with Gasteiger partial charge in [0.1, 0.15) is 0 Å². The highest BCUT2D eigenvalue weighted by molar-refractivity contribution is 5.18. The lowest BCUT2D eigenvalue weighted by atomic mass is 10.0. The number of hydrogen-bond acceptors (Lipinski definition) is 3. The zero-order chi connectivity index (χ0) is 14.5. The summed E-state index contributed by atoms with van der Waals surface area (Å²) in [7, 11) is 0. The highest BCUT2D eigenvalue weighted by Gasteiger charge is 2.35. The van der Waals surface area contributed by atoms with Crippen LogP contribution in [0.4, 0.5) is 0 Å². The Morgan fingerprint density at radius 3 is 2.95 bits per heavy atom. The molecule has 1 N–H and O–H groups in total. The minimum atomic E-state index is 0.471. The summed E-state index contributed by atoms with van der Waals surface area (Å²) in [5, 5.41) is 3.64. The molecule has 1 aliphatic carbocycles. The molecular weight excluding hydrogens is 260 g/mol. The van der Waals surface area contributed by atoms with Crippen molar-refractivity contribution in [3.8, 4) is 0 Å². The molecule has 1 saturated heterocycles. The van der Waals surface area contributed by atoms with E-state index in [0.717, 1.165) is 19.7 Å². The maximum Gasteiger partial charge on any atom is 0.0730 e. The molecule has 1 heterocycles. The highest BCUT2D eigenvalue weighted by atomic mass is 16.5. The number of ether oxygens (including phenoxy) is 1. The van der Waals surface area contributed by atoms with Crippen LogP contribution in [0.25, 0.3) is 0 Å². The van der Waals surface area contributed by atoms with E-state index >= 15 is 0 Å². The summed E-state index contributed by atoms with van der Waals surface area (Å²) < 4.78 is 5.91. The van der Waals surface area contributed by atoms with E-state index in [9.17, 15) is 0 Å². The number of nitrogens with one attached hydrogen (secondary N) is 1. The van der Waals surface area contributed by atoms with Crippen molar-refractivity contribution >= 4 is 0 Å². The van der Waals surface area contributed by atoms with E-state index in [2.05, 4.69) is 47.5 Å². The van der Waals surface area contributed by atoms with Crippen molar-refractivity contribution in [2.45, 2.75) is 50.8 Å². The standard InChI is InChI=1S/C18H28N2O/c1-2-19-16(15-7-4-3-5-8-15)11-12-20-13-14-21-18-10-6-9-17(18)20/h3-5,7-8,16-19H,2,6,9-14H2,1H3. The molecule has 1 saturated carbocycles. The number of benzene rings is 1. The Morgan fingerprint density at radius 2 is 2.14 bits per heavy atom. The van der Waals surface area contributed by atoms with Crippen LogP contribution in [0.15, 0.2) is 30.3 Å². The van der Waals surface area contributed by atoms with E-state index in [4.69, 9.17) is 4.74 Å². The second-order valence-corrected chi connectivity index (χ2v) is 6.25. The van der Waals surface area contributed by atoms with E-state index in [-0.39, 0.29) is 0 Å². The second-order valence-electron chi connectivity index (χ2n) is 6.25. The van der Waals surface area contributed by atoms with Crippen molar-refractivity contribution in [2.75, 3.05) is 26.2 Å². The number of morpholine rings is 1. The van der Waals surface area contributed by atoms with Gasteiger partial charge in [-0.25, -0.2) is 0 Å². The SMILES string of the molecule is CCNC(CCN1CCOC2CCCC21)c1ccccc1. The minimum Gasteiger partial charge on any atom is -0.375 e. The molecule has 3 nitrogen and oxygen atoms in total. The molecule has 0 bridgehead atoms. The fraction of sp³-hybridized carbons (Fsp3) is 0.667. The Hall–Kier alpha value is -0.900. The van der Waals surface area contributed by atoms with Gasteiger partial charge in [0.15, 0.2) is 0 Å². The topological polar surface area (TPSA) is 24.5 Å². The smallest absolute Gasteiger partial charge is 0.0730 e. The van der Waals surface area contributed by atoms with E-state index in [1.807, 2.05) is 0 Å². The molecule has 3 heteroatoms. The summed E-state index contributed by atoms with van der Waals surface area (Å²) >= 11 is 0. The molecule has 1 aliphatic heterocycles. The fourth-order valence-electron chi connectivity index (χ4n) is 3.90. The van der Waals surface area contributed by atoms with Crippen LogP contribution in [0.2, 0.25) is 0 Å². The van der Waals surface area contributed by atoms with Gasteiger partial charge in [-0.3, -0.25) is 4.90 Å². The van der Waals surface area contributed by atoms with E-state index in [1.54, 1.807) is 0 Å². The first-order chi connectivity index (χ1) is 10.4. The van der Waals surface area contributed by atoms with Crippen LogP contribution in [0.5, 0.6) is 0 Å². The monoisotopic (exact) mass is 288 g/mol. The summed E-state index contributed by atoms with van der Waals surface area (Å²) in [5.41, 5.74) is 1.41. The predicted octanol–water partition coefficient (Wildman–Crippen LogP) is 2.98. The summed E-state index contributed by atoms with van der Waals surface area (Å²) in [5.74, 6) is 0. The third-order valence-corrected chi connectivity index (χ3v) is 4.95. The predicted molar refractivity (Wildman–Crippen MR) is 86.4 cm³/mol. The molecule has 0 aromatic heterocycles. The molecule has 0 amide bonds. The molecule has 2 aliphatic rings. The van der Waals surface area contributed by atoms with Gasteiger partial charge in [0, 0.05) is 25.2 Å². The number of nitrogens with zero attached hydrogens (tertiary/aromatic N) is 1. The van der Waals surface area contributed by atoms with E-state index < -0.39 is 0 Å². The molecule has 1 aromatic carbocycles. The van der Waals surface area contributed by atoms with Gasteiger partial charge in [-0.1, -0.05) is 37.3 Å². The zero-order valence-electron chi connectivity index (χ0n) is 13.1. The first-order valence-electron chi connectivity index (χ1n) is 8.52. The number of fused-ring (bicyclic) bond motifs is 1. The summed E-state index contributed by atoms with van der Waals surface area (Å²) in [4.78, 5) is 2.68. The van der Waals surface area contributed by atoms with E-state index in [1.165, 1.54) is 37.8 Å². The molecule has 0 spiro atoms. The molecule has 116 valence electrons. The molecule has 1 aromatic rings. The van der Waals surface area contributed by atoms with Crippen molar-refractivity contribution in [1.29, 1.82) is 0 Å². The van der Waals surface area contributed by atoms with Crippen molar-refractivity contribution in [2.24, 2.45) is 0 Å². The summed E-state index contributed by atoms with van der Waals surface area (Å²) in [6.45, 7) is 6.41. The molecular formula is C18H28N2O. The Balaban J connectivity index is 1.59. The molecule has 0 radical (unpaired) electrons. The maximum absolute atomic E-state index is 5.91. The first-order valence-corrected chi connectivity index (χ1v) is 8.52. The van der Waals surface area contributed by atoms with Crippen LogP contribution >= 0.6 is 0 Å². The fourth-order valence-corrected chi connectivity index (χ4v) is 3.90. The molecule has 3 unspecified atom stereocenters. The van der Waals surface area contributed by atoms with Crippen LogP contribution in [0, 0.1) is 0 Å². The minimum absolute atomic E-state index is 0.471. The highest BCUT2D eigenvalue weighted by Crippen LogP contribution is 2.30. The Bertz CT molecular complexity index is 422. The Labute approximate surface area is 128 Å². The van der Waals surface area contributed by atoms with Crippen LogP contribution < -0.4 is 5.32 Å². The lowest BCUT2D eigenvalue weighted by Gasteiger charge is -2.38. The van der Waals surface area contributed by atoms with Gasteiger partial charge in [0.05, 0.1) is 12.7 Å². The van der Waals surface area contributed by atoms with Gasteiger partial charge < -0.3 is 10.1 Å². The normalized spacial score (nSPS) is 27.5. The largest absolute Gasteiger partial charge is 0.375 e. The van der Waals surface area contributed by atoms with Gasteiger partial charge in [-0.15, -0.1) is 0 Å².